The van der Waals surface area contributed by atoms with Crippen molar-refractivity contribution in [3.63, 3.8) is 0 Å². The van der Waals surface area contributed by atoms with Gasteiger partial charge in [-0.3, -0.25) is 15.6 Å². The van der Waals surface area contributed by atoms with E-state index in [9.17, 15) is 4.79 Å². The lowest BCUT2D eigenvalue weighted by atomic mass is 10.3. The second kappa shape index (κ2) is 8.40. The first-order valence-electron chi connectivity index (χ1n) is 5.51. The number of carbonyl (C=O) groups is 1. The van der Waals surface area contributed by atoms with E-state index >= 15 is 0 Å². The Morgan fingerprint density at radius 1 is 1.33 bits per heavy atom. The van der Waals surface area contributed by atoms with Crippen LogP contribution >= 0.6 is 47.0 Å². The van der Waals surface area contributed by atoms with Crippen molar-refractivity contribution in [1.82, 2.24) is 21.2 Å². The second-order valence-corrected chi connectivity index (χ2v) is 5.14. The molecule has 0 aliphatic carbocycles. The first-order chi connectivity index (χ1) is 9.88. The Kier molecular flexibility index (Phi) is 7.20. The molecular weight excluding hydrogens is 361 g/mol. The molecule has 0 bridgehead atoms. The zero-order chi connectivity index (χ0) is 16.0. The summed E-state index contributed by atoms with van der Waals surface area (Å²) in [6.07, 6.45) is 0. The molecule has 0 aromatic carbocycles. The molecule has 21 heavy (non-hydrogen) atoms. The van der Waals surface area contributed by atoms with Crippen molar-refractivity contribution in [2.24, 2.45) is 0 Å². The molecule has 116 valence electrons. The maximum Gasteiger partial charge on any atom is 0.289 e. The molecule has 0 saturated carbocycles. The number of thiocarbonyl (C=S) groups is 1. The maximum atomic E-state index is 11.9. The van der Waals surface area contributed by atoms with E-state index in [1.807, 2.05) is 0 Å². The van der Waals surface area contributed by atoms with Crippen LogP contribution in [0.2, 0.25) is 15.2 Å². The Morgan fingerprint density at radius 2 is 2.00 bits per heavy atom. The molecule has 1 rings (SSSR count). The average Bonchev–Trinajstić information content (AvgIpc) is 2.46. The number of hydrogen-bond donors (Lipinski definition) is 4. The number of nitrogens with one attached hydrogen (secondary N) is 3. The third-order valence-electron chi connectivity index (χ3n) is 2.17. The smallest absolute Gasteiger partial charge is 0.289 e. The maximum absolute atomic E-state index is 11.9. The van der Waals surface area contributed by atoms with Gasteiger partial charge in [-0.25, -0.2) is 4.98 Å². The molecule has 1 heterocycles. The molecule has 11 heteroatoms. The zero-order valence-electron chi connectivity index (χ0n) is 10.8. The van der Waals surface area contributed by atoms with Gasteiger partial charge >= 0.3 is 0 Å². The summed E-state index contributed by atoms with van der Waals surface area (Å²) >= 11 is 22.3. The van der Waals surface area contributed by atoms with Crippen LogP contribution in [-0.2, 0) is 4.74 Å². The van der Waals surface area contributed by atoms with Gasteiger partial charge in [0.15, 0.2) is 16.0 Å². The number of nitrogen functional groups attached to an aromatic ring is 1. The van der Waals surface area contributed by atoms with Gasteiger partial charge in [0, 0.05) is 13.7 Å². The summed E-state index contributed by atoms with van der Waals surface area (Å²) in [5.41, 5.74) is 10.2. The first kappa shape index (κ1) is 18.0. The minimum absolute atomic E-state index is 0.0112. The molecule has 0 fully saturated rings. The van der Waals surface area contributed by atoms with Crippen LogP contribution in [0.15, 0.2) is 0 Å². The van der Waals surface area contributed by atoms with Gasteiger partial charge in [-0.15, -0.1) is 0 Å². The molecular formula is C10H12Cl3N5O2S. The van der Waals surface area contributed by atoms with E-state index in [1.165, 1.54) is 0 Å². The summed E-state index contributed by atoms with van der Waals surface area (Å²) in [6.45, 7) is 0.948. The monoisotopic (exact) mass is 371 g/mol. The predicted molar refractivity (Wildman–Crippen MR) is 86.8 cm³/mol. The third kappa shape index (κ3) is 5.01. The molecule has 0 unspecified atom stereocenters. The van der Waals surface area contributed by atoms with E-state index in [-0.39, 0.29) is 31.7 Å². The van der Waals surface area contributed by atoms with Gasteiger partial charge in [-0.2, -0.15) is 0 Å². The highest BCUT2D eigenvalue weighted by Gasteiger charge is 2.19. The van der Waals surface area contributed by atoms with Crippen molar-refractivity contribution in [2.45, 2.75) is 0 Å². The second-order valence-electron chi connectivity index (χ2n) is 3.62. The molecule has 1 aromatic rings. The van der Waals surface area contributed by atoms with E-state index in [0.29, 0.717) is 13.2 Å². The standard InChI is InChI=1S/C10H12Cl3N5O2S/c1-20-3-2-15-10(21)18-17-9(19)7-4(11)6(14)5(12)8(13)16-7/h2-3H2,1H3,(H2,14,16)(H,17,19)(H2,15,18,21). The summed E-state index contributed by atoms with van der Waals surface area (Å²) in [6, 6.07) is 0. The van der Waals surface area contributed by atoms with Crippen LogP contribution in [0.5, 0.6) is 0 Å². The van der Waals surface area contributed by atoms with Gasteiger partial charge in [0.1, 0.15) is 5.02 Å². The summed E-state index contributed by atoms with van der Waals surface area (Å²) in [7, 11) is 1.56. The fourth-order valence-corrected chi connectivity index (χ4v) is 1.91. The lowest BCUT2D eigenvalue weighted by Gasteiger charge is -2.12. The van der Waals surface area contributed by atoms with Crippen LogP contribution in [-0.4, -0.2) is 36.3 Å². The van der Waals surface area contributed by atoms with Gasteiger partial charge in [0.25, 0.3) is 5.91 Å². The predicted octanol–water partition coefficient (Wildman–Crippen LogP) is 1.38. The highest BCUT2D eigenvalue weighted by Crippen LogP contribution is 2.34. The molecule has 0 aliphatic rings. The minimum Gasteiger partial charge on any atom is -0.396 e. The third-order valence-corrected chi connectivity index (χ3v) is 3.55. The van der Waals surface area contributed by atoms with Gasteiger partial charge < -0.3 is 15.8 Å². The molecule has 0 saturated heterocycles. The molecule has 1 aromatic heterocycles. The minimum atomic E-state index is -0.666. The number of carbonyl (C=O) groups excluding carboxylic acids is 1. The van der Waals surface area contributed by atoms with Crippen molar-refractivity contribution < 1.29 is 9.53 Å². The Labute approximate surface area is 141 Å². The van der Waals surface area contributed by atoms with E-state index < -0.39 is 5.91 Å². The van der Waals surface area contributed by atoms with E-state index in [1.54, 1.807) is 7.11 Å². The Hall–Kier alpha value is -1.06. The highest BCUT2D eigenvalue weighted by molar-refractivity contribution is 7.80. The fraction of sp³-hybridized carbons (Fsp3) is 0.300. The quantitative estimate of drug-likeness (QED) is 0.274. The molecule has 5 N–H and O–H groups in total. The molecule has 0 spiro atoms. The summed E-state index contributed by atoms with van der Waals surface area (Å²) in [4.78, 5) is 15.7. The summed E-state index contributed by atoms with van der Waals surface area (Å²) < 4.78 is 4.83. The number of hydrazine groups is 1. The van der Waals surface area contributed by atoms with Gasteiger partial charge in [0.05, 0.1) is 17.3 Å². The first-order valence-corrected chi connectivity index (χ1v) is 7.05. The highest BCUT2D eigenvalue weighted by atomic mass is 35.5. The van der Waals surface area contributed by atoms with Gasteiger partial charge in [-0.1, -0.05) is 34.8 Å². The number of hydrogen-bond acceptors (Lipinski definition) is 5. The van der Waals surface area contributed by atoms with Gasteiger partial charge in [0.2, 0.25) is 0 Å². The average molecular weight is 373 g/mol. The number of pyridine rings is 1. The number of amides is 1. The van der Waals surface area contributed by atoms with Crippen LogP contribution in [0.25, 0.3) is 0 Å². The lowest BCUT2D eigenvalue weighted by molar-refractivity contribution is 0.0939. The fourth-order valence-electron chi connectivity index (χ4n) is 1.17. The largest absolute Gasteiger partial charge is 0.396 e. The lowest BCUT2D eigenvalue weighted by Crippen LogP contribution is -2.47. The number of aromatic nitrogens is 1. The number of rotatable bonds is 4. The molecule has 0 atom stereocenters. The van der Waals surface area contributed by atoms with Crippen molar-refractivity contribution in [1.29, 1.82) is 0 Å². The number of anilines is 1. The van der Waals surface area contributed by atoms with Gasteiger partial charge in [-0.05, 0) is 12.2 Å². The molecule has 0 aliphatic heterocycles. The van der Waals surface area contributed by atoms with Crippen LogP contribution in [0.1, 0.15) is 10.5 Å². The SMILES string of the molecule is COCCNC(=S)NNC(=O)c1nc(Cl)c(Cl)c(N)c1Cl. The van der Waals surface area contributed by atoms with E-state index in [0.717, 1.165) is 0 Å². The number of nitrogens with zero attached hydrogens (tertiary/aromatic N) is 1. The number of ether oxygens (including phenoxy) is 1. The molecule has 7 nitrogen and oxygen atoms in total. The van der Waals surface area contributed by atoms with Crippen molar-refractivity contribution in [3.8, 4) is 0 Å². The number of nitrogens with two attached hydrogens (primary N) is 1. The Morgan fingerprint density at radius 3 is 2.62 bits per heavy atom. The van der Waals surface area contributed by atoms with Crippen molar-refractivity contribution >= 4 is 63.7 Å². The topological polar surface area (TPSA) is 101 Å². The molecule has 0 radical (unpaired) electrons. The number of methoxy groups -OCH3 is 1. The van der Waals surface area contributed by atoms with Crippen LogP contribution in [0.3, 0.4) is 0 Å². The van der Waals surface area contributed by atoms with E-state index in [2.05, 4.69) is 21.2 Å². The summed E-state index contributed by atoms with van der Waals surface area (Å²) in [5, 5.41) is 2.76. The van der Waals surface area contributed by atoms with Crippen molar-refractivity contribution in [2.75, 3.05) is 26.0 Å². The molecule has 1 amide bonds. The Balaban J connectivity index is 2.67. The normalized spacial score (nSPS) is 10.1. The van der Waals surface area contributed by atoms with Crippen LogP contribution < -0.4 is 21.9 Å². The summed E-state index contributed by atoms with van der Waals surface area (Å²) in [5.74, 6) is -0.666. The number of halogens is 3. The zero-order valence-corrected chi connectivity index (χ0v) is 13.9. The van der Waals surface area contributed by atoms with Crippen LogP contribution in [0.4, 0.5) is 5.69 Å². The van der Waals surface area contributed by atoms with Crippen LogP contribution in [0, 0.1) is 0 Å². The van der Waals surface area contributed by atoms with Crippen molar-refractivity contribution in [3.05, 3.63) is 20.9 Å². The van der Waals surface area contributed by atoms with E-state index in [4.69, 9.17) is 57.5 Å². The Bertz CT molecular complexity index is 558.